The minimum atomic E-state index is -5.17. The fraction of sp³-hybridized carbons (Fsp3) is 1.00. The molecule has 0 aromatic heterocycles. The number of nitrogens with two attached hydrogens (primary N) is 1. The molecule has 65 heavy (non-hydrogen) atoms. The first-order valence-electron chi connectivity index (χ1n) is 19.0. The third-order valence-corrected chi connectivity index (χ3v) is 12.5. The Balaban J connectivity index is 1.20. The van der Waals surface area contributed by atoms with Crippen molar-refractivity contribution in [3.05, 3.63) is 0 Å². The van der Waals surface area contributed by atoms with E-state index in [0.717, 1.165) is 0 Å². The van der Waals surface area contributed by atoms with Gasteiger partial charge in [0.25, 0.3) is 0 Å². The number of hydrogen-bond donors (Lipinski definition) is 14. The number of ether oxygens (including phenoxy) is 9. The maximum Gasteiger partial charge on any atom is 0.397 e. The smallest absolute Gasteiger partial charge is 0.390 e. The summed E-state index contributed by atoms with van der Waals surface area (Å²) in [4.78, 5) is 0. The molecule has 0 aliphatic carbocycles. The zero-order valence-electron chi connectivity index (χ0n) is 33.3. The van der Waals surface area contributed by atoms with Gasteiger partial charge in [-0.3, -0.25) is 18.2 Å². The molecular weight excluding hydrogens is 987 g/mol. The first kappa shape index (κ1) is 54.7. The van der Waals surface area contributed by atoms with Crippen LogP contribution in [0, 0.1) is 0 Å². The molecule has 15 N–H and O–H groups in total. The van der Waals surface area contributed by atoms with Crippen molar-refractivity contribution in [3.63, 3.8) is 0 Å². The van der Waals surface area contributed by atoms with E-state index in [-0.39, 0.29) is 0 Å². The summed E-state index contributed by atoms with van der Waals surface area (Å²) in [5, 5.41) is 74.6. The van der Waals surface area contributed by atoms with Gasteiger partial charge < -0.3 is 84.1 Å². The van der Waals surface area contributed by atoms with E-state index in [4.69, 9.17) is 57.5 Å². The SMILES string of the molecule is CC1O[C@@H](O[C@H]2CO[C@@H](O[C@H]3C(COS(=O)(=O)O)O[C@@H](O)C(N)[C@H]3O)C[C@@H]2O)C(NS(=O)(=O)O)C[C@H]1O[C@@H]1OC[C@H](O[C@@H]2OC(COS(=O)(=O)O)[C@H](O)[C@H](O)C2NS(=O)(=O)O)[C@H](O)C1O. The predicted molar refractivity (Wildman–Crippen MR) is 198 cm³/mol. The Labute approximate surface area is 369 Å². The highest BCUT2D eigenvalue weighted by molar-refractivity contribution is 7.84. The lowest BCUT2D eigenvalue weighted by molar-refractivity contribution is -0.345. The van der Waals surface area contributed by atoms with Crippen molar-refractivity contribution < 1.29 is 139 Å². The molecule has 37 heteroatoms. The molecule has 21 atom stereocenters. The van der Waals surface area contributed by atoms with Crippen molar-refractivity contribution in [3.8, 4) is 0 Å². The topological polar surface area (TPSA) is 511 Å². The molecule has 5 fully saturated rings. The lowest BCUT2D eigenvalue weighted by Gasteiger charge is -2.46. The van der Waals surface area contributed by atoms with Gasteiger partial charge in [0.2, 0.25) is 0 Å². The maximum atomic E-state index is 12.0. The van der Waals surface area contributed by atoms with Gasteiger partial charge in [-0.05, 0) is 13.3 Å². The second-order valence-corrected chi connectivity index (χ2v) is 19.8. The first-order valence-corrected chi connectivity index (χ1v) is 24.6. The Morgan fingerprint density at radius 3 is 1.74 bits per heavy atom. The minimum Gasteiger partial charge on any atom is -0.390 e. The average molecular weight is 1040 g/mol. The molecular formula is C28H51N3O30S4. The van der Waals surface area contributed by atoms with E-state index in [1.54, 1.807) is 0 Å². The molecule has 0 bridgehead atoms. The summed E-state index contributed by atoms with van der Waals surface area (Å²) in [6.45, 7) is -1.95. The predicted octanol–water partition coefficient (Wildman–Crippen LogP) is -9.14. The molecule has 0 aromatic carbocycles. The zero-order valence-corrected chi connectivity index (χ0v) is 36.5. The van der Waals surface area contributed by atoms with Crippen molar-refractivity contribution in [2.75, 3.05) is 26.4 Å². The van der Waals surface area contributed by atoms with Crippen LogP contribution in [0.15, 0.2) is 0 Å². The molecule has 33 nitrogen and oxygen atoms in total. The van der Waals surface area contributed by atoms with Gasteiger partial charge >= 0.3 is 41.4 Å². The number of aliphatic hydroxyl groups excluding tert-OH is 7. The van der Waals surface area contributed by atoms with Crippen LogP contribution in [-0.4, -0.2) is 243 Å². The Morgan fingerprint density at radius 2 is 1.15 bits per heavy atom. The molecule has 0 amide bonds. The third kappa shape index (κ3) is 15.4. The summed E-state index contributed by atoms with van der Waals surface area (Å²) in [7, 11) is -20.3. The Kier molecular flexibility index (Phi) is 18.4. The van der Waals surface area contributed by atoms with Crippen LogP contribution in [0.25, 0.3) is 0 Å². The molecule has 5 aliphatic rings. The van der Waals surface area contributed by atoms with Crippen LogP contribution in [0.4, 0.5) is 0 Å². The molecule has 5 aliphatic heterocycles. The van der Waals surface area contributed by atoms with Crippen LogP contribution in [-0.2, 0) is 92.4 Å². The van der Waals surface area contributed by atoms with Crippen molar-refractivity contribution in [2.24, 2.45) is 5.73 Å². The normalized spacial score (nSPS) is 43.9. The largest absolute Gasteiger partial charge is 0.397 e. The summed E-state index contributed by atoms with van der Waals surface area (Å²) in [5.74, 6) is 0. The van der Waals surface area contributed by atoms with Gasteiger partial charge in [-0.2, -0.15) is 43.1 Å². The molecule has 5 saturated heterocycles. The minimum absolute atomic E-state index is 0.422. The van der Waals surface area contributed by atoms with Crippen LogP contribution in [0.1, 0.15) is 19.8 Å². The standard InChI is InChI=1S/C28H51N3O30S4/c1-8-11(57-28-23(37)20(34)13(5-52-28)59-27-18(31-63(42,43)44)22(36)19(33)14(60-27)6-53-64(45,46)47)2-9(30-62(39,40)41)26(55-8)58-12-4-51-16(3-10(12)32)61-24-15(7-54-65(48,49)50)56-25(38)17(29)21(24)35/h8-28,30-38H,2-7,29H2,1H3,(H,39,40,41)(H,42,43,44)(H,45,46,47)(H,48,49,50)/t8?,9?,10-,11+,12-,13-,14?,15?,16-,17?,18?,19-,20-,21+,22+,23?,24-,25+,26-,27+,28-/m0/s1. The van der Waals surface area contributed by atoms with Crippen molar-refractivity contribution >= 4 is 41.4 Å². The van der Waals surface area contributed by atoms with Crippen molar-refractivity contribution in [1.29, 1.82) is 0 Å². The Hall–Kier alpha value is -1.20. The van der Waals surface area contributed by atoms with Crippen LogP contribution in [0.2, 0.25) is 0 Å². The number of hydrogen-bond acceptors (Lipinski definition) is 27. The summed E-state index contributed by atoms with van der Waals surface area (Å²) in [6.07, 6.45) is -31.4. The number of aliphatic hydroxyl groups is 7. The summed E-state index contributed by atoms with van der Waals surface area (Å²) in [6, 6.07) is -5.05. The van der Waals surface area contributed by atoms with E-state index in [0.29, 0.717) is 0 Å². The van der Waals surface area contributed by atoms with Gasteiger partial charge in [-0.25, -0.2) is 8.37 Å². The fourth-order valence-electron chi connectivity index (χ4n) is 7.24. The highest BCUT2D eigenvalue weighted by Crippen LogP contribution is 2.33. The van der Waals surface area contributed by atoms with E-state index in [9.17, 15) is 78.5 Å². The molecule has 0 spiro atoms. The third-order valence-electron chi connectivity index (χ3n) is 10.5. The van der Waals surface area contributed by atoms with Crippen LogP contribution < -0.4 is 15.2 Å². The molecule has 5 heterocycles. The lowest BCUT2D eigenvalue weighted by atomic mass is 9.97. The quantitative estimate of drug-likeness (QED) is 0.0567. The van der Waals surface area contributed by atoms with Gasteiger partial charge in [0.1, 0.15) is 67.1 Å². The highest BCUT2D eigenvalue weighted by atomic mass is 32.3. The van der Waals surface area contributed by atoms with Gasteiger partial charge in [-0.1, -0.05) is 0 Å². The van der Waals surface area contributed by atoms with E-state index >= 15 is 0 Å². The monoisotopic (exact) mass is 1040 g/mol. The van der Waals surface area contributed by atoms with Gasteiger partial charge in [0.15, 0.2) is 31.5 Å². The maximum absolute atomic E-state index is 12.0. The molecule has 0 aromatic rings. The molecule has 382 valence electrons. The van der Waals surface area contributed by atoms with E-state index in [1.807, 2.05) is 4.72 Å². The van der Waals surface area contributed by atoms with Crippen LogP contribution >= 0.6 is 0 Å². The van der Waals surface area contributed by atoms with E-state index in [2.05, 4.69) is 8.37 Å². The highest BCUT2D eigenvalue weighted by Gasteiger charge is 2.52. The fourth-order valence-corrected chi connectivity index (χ4v) is 9.03. The van der Waals surface area contributed by atoms with E-state index < -0.39 is 210 Å². The molecule has 0 saturated carbocycles. The summed E-state index contributed by atoms with van der Waals surface area (Å²) < 4.78 is 191. The summed E-state index contributed by atoms with van der Waals surface area (Å²) >= 11 is 0. The second-order valence-electron chi connectivity index (χ2n) is 15.2. The van der Waals surface area contributed by atoms with Crippen molar-refractivity contribution in [2.45, 2.75) is 149 Å². The molecule has 7 unspecified atom stereocenters. The van der Waals surface area contributed by atoms with Gasteiger partial charge in [0.05, 0.1) is 56.8 Å². The lowest BCUT2D eigenvalue weighted by Crippen LogP contribution is -2.66. The summed E-state index contributed by atoms with van der Waals surface area (Å²) in [5.41, 5.74) is 5.73. The Bertz CT molecular complexity index is 2020. The second kappa shape index (κ2) is 21.8. The van der Waals surface area contributed by atoms with Gasteiger partial charge in [-0.15, -0.1) is 0 Å². The van der Waals surface area contributed by atoms with Crippen LogP contribution in [0.3, 0.4) is 0 Å². The number of nitrogens with one attached hydrogen (secondary N) is 2. The molecule has 0 radical (unpaired) electrons. The zero-order chi connectivity index (χ0) is 48.6. The molecule has 5 rings (SSSR count). The average Bonchev–Trinajstić information content (AvgIpc) is 3.17. The van der Waals surface area contributed by atoms with Crippen LogP contribution in [0.5, 0.6) is 0 Å². The van der Waals surface area contributed by atoms with E-state index in [1.165, 1.54) is 11.6 Å². The van der Waals surface area contributed by atoms with Crippen molar-refractivity contribution in [1.82, 2.24) is 9.44 Å². The van der Waals surface area contributed by atoms with Gasteiger partial charge in [0, 0.05) is 6.42 Å². The number of rotatable bonds is 18. The Morgan fingerprint density at radius 1 is 0.585 bits per heavy atom. The first-order chi connectivity index (χ1) is 29.9.